The minimum atomic E-state index is -1.32. The van der Waals surface area contributed by atoms with Gasteiger partial charge in [-0.3, -0.25) is 4.98 Å². The fourth-order valence-corrected chi connectivity index (χ4v) is 4.14. The standard InChI is InChI=1S/C25H19ClFNO3/c1-14(24(29)20-4-2-3-17-13-28-10-9-19(17)20)18-7-5-15(11-22(18)26)16-6-8-21(25(30)31)23(27)12-16/h2-14,24,29H,1H3,(H,30,31)/t14-,24?/m0/s1. The normalized spacial score (nSPS) is 13.2. The van der Waals surface area contributed by atoms with Crippen LogP contribution in [-0.2, 0) is 0 Å². The Balaban J connectivity index is 1.66. The molecule has 156 valence electrons. The van der Waals surface area contributed by atoms with E-state index < -0.39 is 17.9 Å². The number of hydrogen-bond acceptors (Lipinski definition) is 3. The summed E-state index contributed by atoms with van der Waals surface area (Å²) in [5.74, 6) is -2.42. The average Bonchev–Trinajstić information content (AvgIpc) is 2.77. The van der Waals surface area contributed by atoms with E-state index in [9.17, 15) is 14.3 Å². The fourth-order valence-electron chi connectivity index (χ4n) is 3.79. The Morgan fingerprint density at radius 3 is 2.48 bits per heavy atom. The van der Waals surface area contributed by atoms with Gasteiger partial charge in [0.2, 0.25) is 0 Å². The molecular weight excluding hydrogens is 417 g/mol. The number of aliphatic hydroxyl groups excluding tert-OH is 1. The molecule has 1 heterocycles. The van der Waals surface area contributed by atoms with Gasteiger partial charge in [0.1, 0.15) is 5.82 Å². The number of hydrogen-bond donors (Lipinski definition) is 2. The number of rotatable bonds is 5. The van der Waals surface area contributed by atoms with Crippen molar-refractivity contribution in [3.63, 3.8) is 0 Å². The highest BCUT2D eigenvalue weighted by molar-refractivity contribution is 6.31. The molecule has 1 unspecified atom stereocenters. The number of pyridine rings is 1. The molecule has 0 bridgehead atoms. The SMILES string of the molecule is C[C@@H](c1ccc(-c2ccc(C(=O)O)c(F)c2)cc1Cl)C(O)c1cccc2cnccc12. The lowest BCUT2D eigenvalue weighted by Gasteiger charge is -2.22. The summed E-state index contributed by atoms with van der Waals surface area (Å²) >= 11 is 6.54. The molecule has 2 atom stereocenters. The van der Waals surface area contributed by atoms with Crippen molar-refractivity contribution < 1.29 is 19.4 Å². The van der Waals surface area contributed by atoms with E-state index in [1.165, 1.54) is 12.1 Å². The molecule has 0 aliphatic rings. The molecule has 4 rings (SSSR count). The molecule has 4 aromatic rings. The third-order valence-electron chi connectivity index (χ3n) is 5.53. The van der Waals surface area contributed by atoms with Gasteiger partial charge in [-0.15, -0.1) is 0 Å². The molecule has 0 saturated heterocycles. The molecule has 0 aliphatic heterocycles. The number of aromatic carboxylic acids is 1. The van der Waals surface area contributed by atoms with Gasteiger partial charge in [0, 0.05) is 28.7 Å². The molecule has 0 amide bonds. The van der Waals surface area contributed by atoms with Crippen LogP contribution < -0.4 is 0 Å². The predicted octanol–water partition coefficient (Wildman–Crippen LogP) is 6.23. The van der Waals surface area contributed by atoms with Gasteiger partial charge < -0.3 is 10.2 Å². The molecule has 1 aromatic heterocycles. The van der Waals surface area contributed by atoms with E-state index in [-0.39, 0.29) is 11.5 Å². The first-order valence-electron chi connectivity index (χ1n) is 9.70. The summed E-state index contributed by atoms with van der Waals surface area (Å²) in [4.78, 5) is 15.1. The molecule has 2 N–H and O–H groups in total. The van der Waals surface area contributed by atoms with Crippen molar-refractivity contribution in [1.82, 2.24) is 4.98 Å². The van der Waals surface area contributed by atoms with Crippen LogP contribution in [0.5, 0.6) is 0 Å². The zero-order valence-electron chi connectivity index (χ0n) is 16.6. The first-order valence-corrected chi connectivity index (χ1v) is 10.1. The lowest BCUT2D eigenvalue weighted by atomic mass is 9.88. The van der Waals surface area contributed by atoms with Crippen LogP contribution in [0.4, 0.5) is 4.39 Å². The summed E-state index contributed by atoms with van der Waals surface area (Å²) in [5, 5.41) is 22.4. The molecule has 0 radical (unpaired) electrons. The molecule has 3 aromatic carbocycles. The van der Waals surface area contributed by atoms with Crippen LogP contribution in [0, 0.1) is 5.82 Å². The second-order valence-corrected chi connectivity index (χ2v) is 7.82. The van der Waals surface area contributed by atoms with E-state index >= 15 is 0 Å². The van der Waals surface area contributed by atoms with Crippen molar-refractivity contribution in [2.24, 2.45) is 0 Å². The summed E-state index contributed by atoms with van der Waals surface area (Å²) in [6.07, 6.45) is 2.66. The van der Waals surface area contributed by atoms with E-state index in [2.05, 4.69) is 4.98 Å². The van der Waals surface area contributed by atoms with Gasteiger partial charge in [-0.05, 0) is 51.9 Å². The highest BCUT2D eigenvalue weighted by Crippen LogP contribution is 2.38. The number of fused-ring (bicyclic) bond motifs is 1. The molecule has 0 fully saturated rings. The topological polar surface area (TPSA) is 70.4 Å². The van der Waals surface area contributed by atoms with Crippen molar-refractivity contribution in [2.75, 3.05) is 0 Å². The molecule has 0 saturated carbocycles. The summed E-state index contributed by atoms with van der Waals surface area (Å²) in [5.41, 5.74) is 2.34. The number of carboxylic acid groups (broad SMARTS) is 1. The summed E-state index contributed by atoms with van der Waals surface area (Å²) in [6.45, 7) is 1.90. The van der Waals surface area contributed by atoms with Crippen LogP contribution in [0.1, 0.15) is 40.4 Å². The minimum absolute atomic E-state index is 0.300. The first-order chi connectivity index (χ1) is 14.9. The quantitative estimate of drug-likeness (QED) is 0.390. The lowest BCUT2D eigenvalue weighted by Crippen LogP contribution is -2.09. The predicted molar refractivity (Wildman–Crippen MR) is 119 cm³/mol. The average molecular weight is 436 g/mol. The summed E-state index contributed by atoms with van der Waals surface area (Å²) in [6, 6.07) is 16.8. The number of aliphatic hydroxyl groups is 1. The molecule has 31 heavy (non-hydrogen) atoms. The summed E-state index contributed by atoms with van der Waals surface area (Å²) in [7, 11) is 0. The number of carbonyl (C=O) groups is 1. The number of carboxylic acids is 1. The minimum Gasteiger partial charge on any atom is -0.478 e. The van der Waals surface area contributed by atoms with Crippen molar-refractivity contribution in [1.29, 1.82) is 0 Å². The number of aromatic nitrogens is 1. The van der Waals surface area contributed by atoms with Crippen LogP contribution in [0.15, 0.2) is 73.1 Å². The largest absolute Gasteiger partial charge is 0.478 e. The van der Waals surface area contributed by atoms with Crippen molar-refractivity contribution in [2.45, 2.75) is 18.9 Å². The Kier molecular flexibility index (Phi) is 5.72. The van der Waals surface area contributed by atoms with Crippen LogP contribution in [-0.4, -0.2) is 21.2 Å². The Labute approximate surface area is 183 Å². The Bertz CT molecular complexity index is 1290. The maximum atomic E-state index is 14.1. The van der Waals surface area contributed by atoms with E-state index in [1.54, 1.807) is 36.7 Å². The maximum Gasteiger partial charge on any atom is 0.338 e. The van der Waals surface area contributed by atoms with E-state index in [4.69, 9.17) is 16.7 Å². The second kappa shape index (κ2) is 8.46. The second-order valence-electron chi connectivity index (χ2n) is 7.41. The Morgan fingerprint density at radius 2 is 1.77 bits per heavy atom. The van der Waals surface area contributed by atoms with Gasteiger partial charge in [-0.25, -0.2) is 9.18 Å². The van der Waals surface area contributed by atoms with Gasteiger partial charge in [-0.1, -0.05) is 54.9 Å². The van der Waals surface area contributed by atoms with Gasteiger partial charge in [0.05, 0.1) is 11.7 Å². The van der Waals surface area contributed by atoms with E-state index in [1.807, 2.05) is 31.2 Å². The number of halogens is 2. The molecule has 0 aliphatic carbocycles. The monoisotopic (exact) mass is 435 g/mol. The van der Waals surface area contributed by atoms with E-state index in [0.717, 1.165) is 21.9 Å². The number of benzene rings is 3. The lowest BCUT2D eigenvalue weighted by molar-refractivity contribution is 0.0692. The zero-order valence-corrected chi connectivity index (χ0v) is 17.3. The van der Waals surface area contributed by atoms with Crippen LogP contribution in [0.2, 0.25) is 5.02 Å². The Hall–Kier alpha value is -3.28. The number of nitrogens with zero attached hydrogens (tertiary/aromatic N) is 1. The molecule has 4 nitrogen and oxygen atoms in total. The third-order valence-corrected chi connectivity index (χ3v) is 5.86. The van der Waals surface area contributed by atoms with Crippen LogP contribution in [0.3, 0.4) is 0 Å². The van der Waals surface area contributed by atoms with Crippen molar-refractivity contribution in [3.8, 4) is 11.1 Å². The van der Waals surface area contributed by atoms with E-state index in [0.29, 0.717) is 16.1 Å². The highest BCUT2D eigenvalue weighted by atomic mass is 35.5. The van der Waals surface area contributed by atoms with Gasteiger partial charge in [0.15, 0.2) is 0 Å². The van der Waals surface area contributed by atoms with Gasteiger partial charge in [-0.2, -0.15) is 0 Å². The Morgan fingerprint density at radius 1 is 1.03 bits per heavy atom. The molecular formula is C25H19ClFNO3. The van der Waals surface area contributed by atoms with Gasteiger partial charge in [0.25, 0.3) is 0 Å². The van der Waals surface area contributed by atoms with Crippen LogP contribution >= 0.6 is 11.6 Å². The van der Waals surface area contributed by atoms with Crippen molar-refractivity contribution >= 4 is 28.3 Å². The zero-order chi connectivity index (χ0) is 22.1. The molecule has 0 spiro atoms. The summed E-state index contributed by atoms with van der Waals surface area (Å²) < 4.78 is 14.1. The van der Waals surface area contributed by atoms with Gasteiger partial charge >= 0.3 is 5.97 Å². The van der Waals surface area contributed by atoms with Crippen molar-refractivity contribution in [3.05, 3.63) is 101 Å². The maximum absolute atomic E-state index is 14.1. The smallest absolute Gasteiger partial charge is 0.338 e. The third kappa shape index (κ3) is 4.02. The molecule has 6 heteroatoms. The van der Waals surface area contributed by atoms with Crippen LogP contribution in [0.25, 0.3) is 21.9 Å². The highest BCUT2D eigenvalue weighted by Gasteiger charge is 2.22. The fraction of sp³-hybridized carbons (Fsp3) is 0.120. The first kappa shape index (κ1) is 21.0.